The van der Waals surface area contributed by atoms with Crippen LogP contribution in [0.5, 0.6) is 5.75 Å². The zero-order valence-corrected chi connectivity index (χ0v) is 13.1. The number of nitrogens with zero attached hydrogens (tertiary/aromatic N) is 1. The molecule has 0 aromatic heterocycles. The Hall–Kier alpha value is -1.80. The molecular formula is C16H19F3N2O3. The van der Waals surface area contributed by atoms with E-state index in [1.165, 1.54) is 31.4 Å². The van der Waals surface area contributed by atoms with Crippen molar-refractivity contribution in [3.8, 4) is 5.75 Å². The van der Waals surface area contributed by atoms with Gasteiger partial charge in [0.1, 0.15) is 5.75 Å². The second kappa shape index (κ2) is 5.93. The number of ether oxygens (including phenoxy) is 1. The minimum atomic E-state index is -4.95. The maximum absolute atomic E-state index is 13.7. The number of halogens is 3. The highest BCUT2D eigenvalue weighted by Crippen LogP contribution is 2.48. The first-order valence-electron chi connectivity index (χ1n) is 7.83. The van der Waals surface area contributed by atoms with E-state index in [4.69, 9.17) is 4.74 Å². The largest absolute Gasteiger partial charge is 0.497 e. The first-order valence-corrected chi connectivity index (χ1v) is 7.83. The fourth-order valence-corrected chi connectivity index (χ4v) is 3.61. The molecule has 3 rings (SSSR count). The van der Waals surface area contributed by atoms with Gasteiger partial charge in [0, 0.05) is 17.5 Å². The standard InChI is InChI=1S/C16H19F3N2O3/c1-24-11-8-6-10(7-9-11)14(22)21-15(23,16(17,18)19)12-4-2-3-5-13(12)20-21/h6-9,12-13,20,23H,2-5H2,1H3. The Morgan fingerprint density at radius 1 is 1.29 bits per heavy atom. The van der Waals surface area contributed by atoms with Gasteiger partial charge in [0.25, 0.3) is 11.6 Å². The van der Waals surface area contributed by atoms with Gasteiger partial charge in [-0.2, -0.15) is 13.2 Å². The van der Waals surface area contributed by atoms with Gasteiger partial charge in [-0.05, 0) is 37.1 Å². The van der Waals surface area contributed by atoms with Gasteiger partial charge in [0.05, 0.1) is 7.11 Å². The van der Waals surface area contributed by atoms with Crippen LogP contribution in [0.15, 0.2) is 24.3 Å². The second-order valence-electron chi connectivity index (χ2n) is 6.22. The molecule has 3 atom stereocenters. The summed E-state index contributed by atoms with van der Waals surface area (Å²) in [5.41, 5.74) is -0.554. The molecule has 1 aliphatic carbocycles. The van der Waals surface area contributed by atoms with E-state index in [9.17, 15) is 23.1 Å². The Morgan fingerprint density at radius 2 is 1.92 bits per heavy atom. The normalized spacial score (nSPS) is 30.1. The molecule has 1 saturated carbocycles. The molecule has 1 heterocycles. The summed E-state index contributed by atoms with van der Waals surface area (Å²) in [5.74, 6) is -1.49. The van der Waals surface area contributed by atoms with Crippen molar-refractivity contribution in [2.45, 2.75) is 43.6 Å². The number of fused-ring (bicyclic) bond motifs is 1. The minimum Gasteiger partial charge on any atom is -0.497 e. The van der Waals surface area contributed by atoms with Crippen molar-refractivity contribution in [2.75, 3.05) is 7.11 Å². The van der Waals surface area contributed by atoms with Crippen LogP contribution in [0.2, 0.25) is 0 Å². The van der Waals surface area contributed by atoms with Crippen LogP contribution >= 0.6 is 0 Å². The number of carbonyl (C=O) groups is 1. The van der Waals surface area contributed by atoms with Crippen molar-refractivity contribution in [1.29, 1.82) is 0 Å². The molecule has 1 aliphatic heterocycles. The highest BCUT2D eigenvalue weighted by atomic mass is 19.4. The summed E-state index contributed by atoms with van der Waals surface area (Å²) < 4.78 is 45.9. The molecule has 2 N–H and O–H groups in total. The van der Waals surface area contributed by atoms with Crippen LogP contribution in [0.25, 0.3) is 0 Å². The highest BCUT2D eigenvalue weighted by Gasteiger charge is 2.69. The average Bonchev–Trinajstić information content (AvgIpc) is 2.89. The molecule has 0 radical (unpaired) electrons. The molecule has 1 amide bonds. The van der Waals surface area contributed by atoms with Crippen molar-refractivity contribution in [2.24, 2.45) is 5.92 Å². The smallest absolute Gasteiger partial charge is 0.438 e. The van der Waals surface area contributed by atoms with Gasteiger partial charge in [-0.15, -0.1) is 0 Å². The lowest BCUT2D eigenvalue weighted by molar-refractivity contribution is -0.315. The number of hydrazine groups is 1. The molecule has 3 unspecified atom stereocenters. The fraction of sp³-hybridized carbons (Fsp3) is 0.562. The average molecular weight is 344 g/mol. The summed E-state index contributed by atoms with van der Waals surface area (Å²) in [7, 11) is 1.45. The Balaban J connectivity index is 1.96. The number of rotatable bonds is 2. The number of methoxy groups -OCH3 is 1. The number of hydrogen-bond acceptors (Lipinski definition) is 4. The highest BCUT2D eigenvalue weighted by molar-refractivity contribution is 5.94. The summed E-state index contributed by atoms with van der Waals surface area (Å²) in [4.78, 5) is 12.6. The topological polar surface area (TPSA) is 61.8 Å². The first-order chi connectivity index (χ1) is 11.3. The summed E-state index contributed by atoms with van der Waals surface area (Å²) in [6, 6.07) is 5.17. The lowest BCUT2D eigenvalue weighted by Gasteiger charge is -2.38. The van der Waals surface area contributed by atoms with E-state index in [1.807, 2.05) is 0 Å². The summed E-state index contributed by atoms with van der Waals surface area (Å²) in [6.45, 7) is 0. The third kappa shape index (κ3) is 2.53. The van der Waals surface area contributed by atoms with Crippen LogP contribution in [-0.4, -0.2) is 41.1 Å². The van der Waals surface area contributed by atoms with Gasteiger partial charge < -0.3 is 9.84 Å². The van der Waals surface area contributed by atoms with E-state index in [1.54, 1.807) is 0 Å². The van der Waals surface area contributed by atoms with Gasteiger partial charge in [-0.25, -0.2) is 10.4 Å². The predicted octanol–water partition coefficient (Wildman–Crippen LogP) is 2.47. The molecule has 2 fully saturated rings. The van der Waals surface area contributed by atoms with Crippen LogP contribution in [0.1, 0.15) is 36.0 Å². The molecule has 0 spiro atoms. The number of carbonyl (C=O) groups excluding carboxylic acids is 1. The first kappa shape index (κ1) is 17.0. The van der Waals surface area contributed by atoms with E-state index in [0.29, 0.717) is 23.6 Å². The maximum Gasteiger partial charge on any atom is 0.438 e. The number of benzene rings is 1. The van der Waals surface area contributed by atoms with Gasteiger partial charge >= 0.3 is 6.18 Å². The van der Waals surface area contributed by atoms with Crippen LogP contribution in [-0.2, 0) is 0 Å². The Labute approximate surface area is 137 Å². The molecular weight excluding hydrogens is 325 g/mol. The molecule has 24 heavy (non-hydrogen) atoms. The summed E-state index contributed by atoms with van der Waals surface area (Å²) in [6.07, 6.45) is -2.85. The summed E-state index contributed by atoms with van der Waals surface area (Å²) >= 11 is 0. The number of amides is 1. The molecule has 1 aromatic rings. The van der Waals surface area contributed by atoms with Gasteiger partial charge in [-0.1, -0.05) is 12.8 Å². The molecule has 1 aromatic carbocycles. The van der Waals surface area contributed by atoms with E-state index in [-0.39, 0.29) is 12.0 Å². The monoisotopic (exact) mass is 344 g/mol. The van der Waals surface area contributed by atoms with Crippen molar-refractivity contribution in [1.82, 2.24) is 10.4 Å². The Morgan fingerprint density at radius 3 is 2.50 bits per heavy atom. The molecule has 132 valence electrons. The lowest BCUT2D eigenvalue weighted by atomic mass is 9.79. The Kier molecular flexibility index (Phi) is 4.21. The van der Waals surface area contributed by atoms with Crippen LogP contribution in [0.3, 0.4) is 0 Å². The SMILES string of the molecule is COc1ccc(C(=O)N2NC3CCCCC3C2(O)C(F)(F)F)cc1. The van der Waals surface area contributed by atoms with Gasteiger partial charge in [-0.3, -0.25) is 4.79 Å². The molecule has 2 aliphatic rings. The molecule has 1 saturated heterocycles. The zero-order valence-electron chi connectivity index (χ0n) is 13.1. The lowest BCUT2D eigenvalue weighted by Crippen LogP contribution is -2.62. The van der Waals surface area contributed by atoms with E-state index >= 15 is 0 Å². The number of aliphatic hydroxyl groups is 1. The molecule has 5 nitrogen and oxygen atoms in total. The van der Waals surface area contributed by atoms with Crippen LogP contribution in [0.4, 0.5) is 13.2 Å². The quantitative estimate of drug-likeness (QED) is 0.865. The van der Waals surface area contributed by atoms with Gasteiger partial charge in [0.2, 0.25) is 0 Å². The van der Waals surface area contributed by atoms with Gasteiger partial charge in [0.15, 0.2) is 0 Å². The molecule has 0 bridgehead atoms. The van der Waals surface area contributed by atoms with E-state index in [2.05, 4.69) is 5.43 Å². The summed E-state index contributed by atoms with van der Waals surface area (Å²) in [5, 5.41) is 10.9. The molecule has 8 heteroatoms. The fourth-order valence-electron chi connectivity index (χ4n) is 3.61. The number of alkyl halides is 3. The Bertz CT molecular complexity index is 620. The van der Waals surface area contributed by atoms with Crippen molar-refractivity contribution >= 4 is 5.91 Å². The maximum atomic E-state index is 13.7. The third-order valence-electron chi connectivity index (χ3n) is 4.88. The number of nitrogens with one attached hydrogen (secondary N) is 1. The van der Waals surface area contributed by atoms with Crippen LogP contribution < -0.4 is 10.2 Å². The zero-order chi connectivity index (χ0) is 17.5. The minimum absolute atomic E-state index is 0.0459. The van der Waals surface area contributed by atoms with Crippen molar-refractivity contribution < 1.29 is 27.8 Å². The van der Waals surface area contributed by atoms with E-state index in [0.717, 1.165) is 6.42 Å². The van der Waals surface area contributed by atoms with E-state index < -0.39 is 29.8 Å². The van der Waals surface area contributed by atoms with Crippen molar-refractivity contribution in [3.05, 3.63) is 29.8 Å². The second-order valence-corrected chi connectivity index (χ2v) is 6.22. The van der Waals surface area contributed by atoms with Crippen molar-refractivity contribution in [3.63, 3.8) is 0 Å². The van der Waals surface area contributed by atoms with Crippen LogP contribution in [0, 0.1) is 5.92 Å². The third-order valence-corrected chi connectivity index (χ3v) is 4.88. The number of hydrogen-bond donors (Lipinski definition) is 2. The predicted molar refractivity (Wildman–Crippen MR) is 79.1 cm³/mol.